The van der Waals surface area contributed by atoms with Crippen molar-refractivity contribution in [3.05, 3.63) is 41.6 Å². The minimum atomic E-state index is -0.854. The molecule has 0 unspecified atom stereocenters. The van der Waals surface area contributed by atoms with Gasteiger partial charge in [0.15, 0.2) is 0 Å². The zero-order valence-electron chi connectivity index (χ0n) is 15.9. The zero-order chi connectivity index (χ0) is 20.2. The molecule has 150 valence electrons. The summed E-state index contributed by atoms with van der Waals surface area (Å²) in [6, 6.07) is 3.40. The van der Waals surface area contributed by atoms with Gasteiger partial charge in [-0.15, -0.1) is 0 Å². The maximum atomic E-state index is 13.1. The highest BCUT2D eigenvalue weighted by molar-refractivity contribution is 6.31. The van der Waals surface area contributed by atoms with E-state index in [-0.39, 0.29) is 18.5 Å². The molecule has 0 atom stereocenters. The number of hydrogen-bond acceptors (Lipinski definition) is 5. The minimum absolute atomic E-state index is 0.170. The van der Waals surface area contributed by atoms with E-state index in [1.54, 1.807) is 18.6 Å². The Labute approximate surface area is 171 Å². The summed E-state index contributed by atoms with van der Waals surface area (Å²) >= 11 is 6.26. The number of imidazole rings is 1. The number of benzene rings is 1. The van der Waals surface area contributed by atoms with Gasteiger partial charge in [-0.05, 0) is 25.0 Å². The molecule has 2 N–H and O–H groups in total. The van der Waals surface area contributed by atoms with Crippen molar-refractivity contribution >= 4 is 40.1 Å². The number of H-pyrrole nitrogens is 1. The number of imide groups is 1. The van der Waals surface area contributed by atoms with Crippen LogP contribution in [0.4, 0.5) is 10.5 Å². The van der Waals surface area contributed by atoms with Crippen molar-refractivity contribution in [1.29, 1.82) is 0 Å². The molecule has 0 aliphatic carbocycles. The summed E-state index contributed by atoms with van der Waals surface area (Å²) in [4.78, 5) is 33.4. The number of carbonyl (C=O) groups excluding carboxylic acids is 2. The van der Waals surface area contributed by atoms with Gasteiger partial charge in [-0.3, -0.25) is 14.8 Å². The number of hydrogen-bond donors (Lipinski definition) is 2. The van der Waals surface area contributed by atoms with Crippen LogP contribution < -0.4 is 10.2 Å². The average Bonchev–Trinajstić information content (AvgIpc) is 3.38. The Morgan fingerprint density at radius 1 is 1.24 bits per heavy atom. The molecule has 29 heavy (non-hydrogen) atoms. The molecule has 2 aliphatic heterocycles. The molecule has 1 spiro atoms. The summed E-state index contributed by atoms with van der Waals surface area (Å²) in [7, 11) is 1.84. The Morgan fingerprint density at radius 2 is 2.03 bits per heavy atom. The summed E-state index contributed by atoms with van der Waals surface area (Å²) in [5.41, 5.74) is 1.00. The largest absolute Gasteiger partial charge is 0.371 e. The fourth-order valence-electron chi connectivity index (χ4n) is 4.24. The van der Waals surface area contributed by atoms with Crippen molar-refractivity contribution in [2.75, 3.05) is 18.0 Å². The lowest BCUT2D eigenvalue weighted by molar-refractivity contribution is -0.132. The van der Waals surface area contributed by atoms with Gasteiger partial charge in [-0.1, -0.05) is 11.6 Å². The summed E-state index contributed by atoms with van der Waals surface area (Å²) < 4.78 is 1.81. The number of amides is 3. The van der Waals surface area contributed by atoms with Gasteiger partial charge in [0, 0.05) is 48.6 Å². The second kappa shape index (κ2) is 6.48. The normalized spacial score (nSPS) is 18.8. The maximum Gasteiger partial charge on any atom is 0.325 e. The monoisotopic (exact) mass is 413 g/mol. The lowest BCUT2D eigenvalue weighted by Crippen LogP contribution is -2.55. The van der Waals surface area contributed by atoms with Crippen LogP contribution in [-0.4, -0.2) is 55.2 Å². The molecule has 2 fully saturated rings. The van der Waals surface area contributed by atoms with E-state index in [4.69, 9.17) is 11.6 Å². The molecule has 9 nitrogen and oxygen atoms in total. The van der Waals surface area contributed by atoms with E-state index in [0.717, 1.165) is 16.6 Å². The van der Waals surface area contributed by atoms with Gasteiger partial charge < -0.3 is 14.8 Å². The average molecular weight is 414 g/mol. The summed E-state index contributed by atoms with van der Waals surface area (Å²) in [5.74, 6) is 0.494. The van der Waals surface area contributed by atoms with Gasteiger partial charge in [-0.25, -0.2) is 9.78 Å². The Bertz CT molecular complexity index is 1110. The molecule has 2 aliphatic rings. The third-order valence-electron chi connectivity index (χ3n) is 5.93. The van der Waals surface area contributed by atoms with Crippen LogP contribution in [0.25, 0.3) is 10.9 Å². The Balaban J connectivity index is 1.35. The number of fused-ring (bicyclic) bond motifs is 1. The van der Waals surface area contributed by atoms with Crippen LogP contribution in [0.3, 0.4) is 0 Å². The number of carbonyl (C=O) groups is 2. The van der Waals surface area contributed by atoms with Crippen LogP contribution in [0, 0.1) is 0 Å². The number of halogens is 1. The first-order valence-corrected chi connectivity index (χ1v) is 9.82. The highest BCUT2D eigenvalue weighted by Gasteiger charge is 2.52. The van der Waals surface area contributed by atoms with E-state index in [1.165, 1.54) is 4.90 Å². The maximum absolute atomic E-state index is 13.1. The zero-order valence-corrected chi connectivity index (χ0v) is 16.6. The topological polar surface area (TPSA) is 99.2 Å². The van der Waals surface area contributed by atoms with Crippen molar-refractivity contribution in [2.45, 2.75) is 24.9 Å². The number of rotatable bonds is 3. The molecule has 0 bridgehead atoms. The third kappa shape index (κ3) is 2.84. The smallest absolute Gasteiger partial charge is 0.325 e. The van der Waals surface area contributed by atoms with E-state index < -0.39 is 5.54 Å². The number of aryl methyl sites for hydroxylation is 1. The lowest BCUT2D eigenvalue weighted by atomic mass is 9.87. The fourth-order valence-corrected chi connectivity index (χ4v) is 4.45. The lowest BCUT2D eigenvalue weighted by Gasteiger charge is -2.38. The molecule has 0 radical (unpaired) electrons. The van der Waals surface area contributed by atoms with Crippen molar-refractivity contribution in [3.8, 4) is 0 Å². The predicted octanol–water partition coefficient (Wildman–Crippen LogP) is 2.04. The van der Waals surface area contributed by atoms with Gasteiger partial charge in [-0.2, -0.15) is 5.10 Å². The molecular formula is C19H20ClN7O2. The standard InChI is InChI=1S/C19H20ClN7O2/c1-25-7-4-21-16(25)11-27-17(28)19(23-18(27)29)2-5-26(6-3-19)15-9-12(20)8-14-13(15)10-22-24-14/h4,7-10H,2-3,5-6,11H2,1H3,(H,22,24)(H,23,29). The summed E-state index contributed by atoms with van der Waals surface area (Å²) in [6.45, 7) is 1.43. The third-order valence-corrected chi connectivity index (χ3v) is 6.14. The molecule has 3 amide bonds. The number of piperidine rings is 1. The summed E-state index contributed by atoms with van der Waals surface area (Å²) in [6.07, 6.45) is 6.29. The van der Waals surface area contributed by atoms with Crippen molar-refractivity contribution in [3.63, 3.8) is 0 Å². The fraction of sp³-hybridized carbons (Fsp3) is 0.368. The van der Waals surface area contributed by atoms with E-state index >= 15 is 0 Å². The van der Waals surface area contributed by atoms with E-state index in [2.05, 4.69) is 25.4 Å². The van der Waals surface area contributed by atoms with E-state index in [1.807, 2.05) is 23.7 Å². The van der Waals surface area contributed by atoms with Crippen LogP contribution in [0.15, 0.2) is 30.7 Å². The van der Waals surface area contributed by atoms with Gasteiger partial charge in [0.25, 0.3) is 5.91 Å². The summed E-state index contributed by atoms with van der Waals surface area (Å²) in [5, 5.41) is 11.6. The van der Waals surface area contributed by atoms with Crippen molar-refractivity contribution < 1.29 is 9.59 Å². The van der Waals surface area contributed by atoms with Crippen LogP contribution in [-0.2, 0) is 18.4 Å². The molecule has 0 saturated carbocycles. The quantitative estimate of drug-likeness (QED) is 0.640. The molecular weight excluding hydrogens is 394 g/mol. The first-order valence-electron chi connectivity index (χ1n) is 9.45. The van der Waals surface area contributed by atoms with Crippen molar-refractivity contribution in [2.24, 2.45) is 7.05 Å². The highest BCUT2D eigenvalue weighted by Crippen LogP contribution is 2.36. The number of urea groups is 1. The SMILES string of the molecule is Cn1ccnc1CN1C(=O)NC2(CCN(c3cc(Cl)cc4[nH]ncc34)CC2)C1=O. The molecule has 1 aromatic carbocycles. The van der Waals surface area contributed by atoms with E-state index in [9.17, 15) is 9.59 Å². The minimum Gasteiger partial charge on any atom is -0.371 e. The van der Waals surface area contributed by atoms with Crippen LogP contribution in [0.2, 0.25) is 5.02 Å². The second-order valence-corrected chi connectivity index (χ2v) is 8.04. The molecule has 2 saturated heterocycles. The number of nitrogens with zero attached hydrogens (tertiary/aromatic N) is 5. The van der Waals surface area contributed by atoms with Crippen LogP contribution >= 0.6 is 11.6 Å². The van der Waals surface area contributed by atoms with Crippen LogP contribution in [0.1, 0.15) is 18.7 Å². The highest BCUT2D eigenvalue weighted by atomic mass is 35.5. The van der Waals surface area contributed by atoms with Gasteiger partial charge in [0.1, 0.15) is 11.4 Å². The number of nitrogens with one attached hydrogen (secondary N) is 2. The Morgan fingerprint density at radius 3 is 2.76 bits per heavy atom. The van der Waals surface area contributed by atoms with Gasteiger partial charge in [0.2, 0.25) is 0 Å². The van der Waals surface area contributed by atoms with E-state index in [0.29, 0.717) is 36.8 Å². The Kier molecular flexibility index (Phi) is 4.02. The van der Waals surface area contributed by atoms with Crippen molar-refractivity contribution in [1.82, 2.24) is 30.0 Å². The predicted molar refractivity (Wildman–Crippen MR) is 108 cm³/mol. The first-order chi connectivity index (χ1) is 14.0. The molecule has 3 aromatic rings. The molecule has 5 rings (SSSR count). The first kappa shape index (κ1) is 18.0. The number of aromatic nitrogens is 4. The molecule has 2 aromatic heterocycles. The molecule has 4 heterocycles. The Hall–Kier alpha value is -3.07. The van der Waals surface area contributed by atoms with Crippen LogP contribution in [0.5, 0.6) is 0 Å². The second-order valence-electron chi connectivity index (χ2n) is 7.60. The molecule has 10 heteroatoms. The van der Waals surface area contributed by atoms with Gasteiger partial charge >= 0.3 is 6.03 Å². The number of aromatic amines is 1. The number of anilines is 1. The van der Waals surface area contributed by atoms with Gasteiger partial charge in [0.05, 0.1) is 18.3 Å².